The van der Waals surface area contributed by atoms with Crippen LogP contribution in [0.15, 0.2) is 72.8 Å². The molecule has 8 heterocycles. The lowest BCUT2D eigenvalue weighted by Gasteiger charge is -2.55. The van der Waals surface area contributed by atoms with Crippen molar-refractivity contribution in [2.75, 3.05) is 74.5 Å². The first-order valence-electron chi connectivity index (χ1n) is 23.2. The minimum Gasteiger partial charge on any atom is -0.507 e. The Balaban J connectivity index is 0.701. The zero-order valence-electron chi connectivity index (χ0n) is 36.6. The quantitative estimate of drug-likeness (QED) is 0.169. The molecule has 1 aromatic heterocycles. The smallest absolute Gasteiger partial charge is 0.249 e. The van der Waals surface area contributed by atoms with Gasteiger partial charge < -0.3 is 40.3 Å². The second-order valence-corrected chi connectivity index (χ2v) is 18.8. The molecule has 0 saturated carbocycles. The van der Waals surface area contributed by atoms with Crippen LogP contribution in [0, 0.1) is 5.92 Å². The Bertz CT molecular complexity index is 2390. The van der Waals surface area contributed by atoms with Gasteiger partial charge in [-0.05, 0) is 105 Å². The Labute approximate surface area is 374 Å². The van der Waals surface area contributed by atoms with E-state index in [4.69, 9.17) is 15.2 Å². The Hall–Kier alpha value is -5.93. The van der Waals surface area contributed by atoms with Crippen molar-refractivity contribution in [3.63, 3.8) is 0 Å². The monoisotopic (exact) mass is 869 g/mol. The lowest BCUT2D eigenvalue weighted by atomic mass is 9.69. The first kappa shape index (κ1) is 42.0. The summed E-state index contributed by atoms with van der Waals surface area (Å²) in [7, 11) is 0. The molecule has 0 spiro atoms. The lowest BCUT2D eigenvalue weighted by molar-refractivity contribution is -0.135. The zero-order valence-corrected chi connectivity index (χ0v) is 36.6. The molecular weight excluding hydrogens is 811 g/mol. The summed E-state index contributed by atoms with van der Waals surface area (Å²) in [4.78, 5) is 46.8. The largest absolute Gasteiger partial charge is 0.507 e. The van der Waals surface area contributed by atoms with Gasteiger partial charge in [-0.1, -0.05) is 43.3 Å². The molecule has 15 heteroatoms. The number of imide groups is 1. The predicted octanol–water partition coefficient (Wildman–Crippen LogP) is 4.79. The van der Waals surface area contributed by atoms with Gasteiger partial charge in [0.2, 0.25) is 17.7 Å². The fraction of sp³-hybridized carbons (Fsp3) is 0.490. The van der Waals surface area contributed by atoms with Crippen LogP contribution in [0.4, 0.5) is 17.2 Å². The molecule has 3 aromatic carbocycles. The van der Waals surface area contributed by atoms with Crippen LogP contribution in [0.1, 0.15) is 75.3 Å². The molecular formula is C49H59N9O6. The number of anilines is 3. The van der Waals surface area contributed by atoms with E-state index in [-0.39, 0.29) is 47.2 Å². The third-order valence-corrected chi connectivity index (χ3v) is 14.4. The van der Waals surface area contributed by atoms with E-state index in [2.05, 4.69) is 72.8 Å². The Kier molecular flexibility index (Phi) is 11.5. The first-order chi connectivity index (χ1) is 31.1. The van der Waals surface area contributed by atoms with E-state index in [1.165, 1.54) is 11.1 Å². The summed E-state index contributed by atoms with van der Waals surface area (Å²) >= 11 is 0. The molecule has 6 fully saturated rings. The second kappa shape index (κ2) is 17.6. The zero-order chi connectivity index (χ0) is 44.0. The SMILES string of the molecule is C[C@H]1CN(c2cc(-c3ccccc3O)nnc2N)CC2CC(c3cccc(OC4CCN(C(=O)CN5CCC(c6cccc7c6OCCN7[C@H]6CCC(=O)NC6=O)CC5)CC4)c3)(C1)N2. The number of phenolic OH excluding ortho intramolecular Hbond substituents is 1. The summed E-state index contributed by atoms with van der Waals surface area (Å²) in [5.74, 6) is 2.66. The topological polar surface area (TPSA) is 179 Å². The molecule has 11 rings (SSSR count). The van der Waals surface area contributed by atoms with Gasteiger partial charge in [-0.3, -0.25) is 24.6 Å². The number of nitrogen functional groups attached to an aromatic ring is 1. The van der Waals surface area contributed by atoms with Crippen molar-refractivity contribution in [2.45, 2.75) is 87.9 Å². The van der Waals surface area contributed by atoms with Crippen molar-refractivity contribution in [3.05, 3.63) is 83.9 Å². The number of nitrogens with one attached hydrogen (secondary N) is 2. The number of benzene rings is 3. The van der Waals surface area contributed by atoms with Crippen molar-refractivity contribution in [3.8, 4) is 28.5 Å². The molecule has 2 unspecified atom stereocenters. The number of likely N-dealkylation sites (tertiary alicyclic amines) is 2. The van der Waals surface area contributed by atoms with E-state index in [1.807, 2.05) is 35.2 Å². The summed E-state index contributed by atoms with van der Waals surface area (Å²) in [6.07, 6.45) is 6.30. The number of ether oxygens (including phenoxy) is 2. The molecule has 7 aliphatic rings. The van der Waals surface area contributed by atoms with Crippen LogP contribution in [0.25, 0.3) is 11.3 Å². The molecule has 0 radical (unpaired) electrons. The van der Waals surface area contributed by atoms with Crippen LogP contribution in [-0.4, -0.2) is 120 Å². The third kappa shape index (κ3) is 8.42. The maximum absolute atomic E-state index is 13.6. The lowest BCUT2D eigenvalue weighted by Crippen LogP contribution is -2.67. The fourth-order valence-corrected chi connectivity index (χ4v) is 11.3. The third-order valence-electron chi connectivity index (χ3n) is 14.4. The van der Waals surface area contributed by atoms with Gasteiger partial charge in [0.25, 0.3) is 0 Å². The number of phenols is 1. The second-order valence-electron chi connectivity index (χ2n) is 18.8. The van der Waals surface area contributed by atoms with Crippen molar-refractivity contribution in [1.82, 2.24) is 30.6 Å². The Morgan fingerprint density at radius 3 is 2.50 bits per heavy atom. The number of aromatic hydroxyl groups is 1. The van der Waals surface area contributed by atoms with Gasteiger partial charge in [0, 0.05) is 62.6 Å². The van der Waals surface area contributed by atoms with Gasteiger partial charge in [-0.25, -0.2) is 0 Å². The maximum Gasteiger partial charge on any atom is 0.249 e. The van der Waals surface area contributed by atoms with Gasteiger partial charge >= 0.3 is 0 Å². The normalized spacial score (nSPS) is 25.6. The molecule has 336 valence electrons. The van der Waals surface area contributed by atoms with Gasteiger partial charge in [0.15, 0.2) is 5.82 Å². The number of carbonyl (C=O) groups is 3. The molecule has 6 saturated heterocycles. The average Bonchev–Trinajstić information content (AvgIpc) is 3.28. The number of para-hydroxylation sites is 2. The van der Waals surface area contributed by atoms with E-state index in [9.17, 15) is 19.5 Å². The van der Waals surface area contributed by atoms with Crippen molar-refractivity contribution in [1.29, 1.82) is 0 Å². The van der Waals surface area contributed by atoms with E-state index in [0.29, 0.717) is 74.5 Å². The molecule has 0 aliphatic carbocycles. The van der Waals surface area contributed by atoms with Crippen LogP contribution < -0.4 is 35.6 Å². The molecule has 64 heavy (non-hydrogen) atoms. The van der Waals surface area contributed by atoms with Gasteiger partial charge in [0.1, 0.15) is 36.0 Å². The number of amides is 3. The minimum absolute atomic E-state index is 0.0477. The summed E-state index contributed by atoms with van der Waals surface area (Å²) in [6, 6.07) is 23.8. The fourth-order valence-electron chi connectivity index (χ4n) is 11.3. The number of nitrogens with two attached hydrogens (primary N) is 1. The number of hydrogen-bond acceptors (Lipinski definition) is 13. The van der Waals surface area contributed by atoms with E-state index < -0.39 is 0 Å². The van der Waals surface area contributed by atoms with Crippen LogP contribution in [0.2, 0.25) is 0 Å². The molecule has 5 N–H and O–H groups in total. The van der Waals surface area contributed by atoms with Crippen LogP contribution in [-0.2, 0) is 19.9 Å². The van der Waals surface area contributed by atoms with Crippen LogP contribution in [0.5, 0.6) is 17.2 Å². The predicted molar refractivity (Wildman–Crippen MR) is 243 cm³/mol. The maximum atomic E-state index is 13.6. The van der Waals surface area contributed by atoms with Crippen molar-refractivity contribution >= 4 is 34.9 Å². The number of aromatic nitrogens is 2. The van der Waals surface area contributed by atoms with Crippen LogP contribution in [0.3, 0.4) is 0 Å². The van der Waals surface area contributed by atoms with Gasteiger partial charge in [0.05, 0.1) is 30.2 Å². The number of hydrogen-bond donors (Lipinski definition) is 4. The van der Waals surface area contributed by atoms with Gasteiger partial charge in [-0.15, -0.1) is 10.2 Å². The summed E-state index contributed by atoms with van der Waals surface area (Å²) in [5.41, 5.74) is 11.7. The molecule has 7 aliphatic heterocycles. The molecule has 2 bridgehead atoms. The Morgan fingerprint density at radius 1 is 0.906 bits per heavy atom. The summed E-state index contributed by atoms with van der Waals surface area (Å²) in [6.45, 7) is 8.45. The highest BCUT2D eigenvalue weighted by molar-refractivity contribution is 6.02. The number of rotatable bonds is 9. The first-order valence-corrected chi connectivity index (χ1v) is 23.2. The Morgan fingerprint density at radius 2 is 1.70 bits per heavy atom. The summed E-state index contributed by atoms with van der Waals surface area (Å²) < 4.78 is 12.9. The van der Waals surface area contributed by atoms with E-state index in [1.54, 1.807) is 12.1 Å². The highest BCUT2D eigenvalue weighted by atomic mass is 16.5. The molecule has 15 nitrogen and oxygen atoms in total. The number of fused-ring (bicyclic) bond motifs is 5. The number of piperidine rings is 3. The highest BCUT2D eigenvalue weighted by Crippen LogP contribution is 2.46. The van der Waals surface area contributed by atoms with Crippen molar-refractivity contribution in [2.24, 2.45) is 5.92 Å². The molecule has 4 atom stereocenters. The van der Waals surface area contributed by atoms with Crippen molar-refractivity contribution < 1.29 is 29.0 Å². The highest BCUT2D eigenvalue weighted by Gasteiger charge is 2.48. The summed E-state index contributed by atoms with van der Waals surface area (Å²) in [5, 5.41) is 25.5. The van der Waals surface area contributed by atoms with E-state index >= 15 is 0 Å². The molecule has 4 aromatic rings. The molecule has 3 amide bonds. The van der Waals surface area contributed by atoms with E-state index in [0.717, 1.165) is 87.6 Å². The average molecular weight is 870 g/mol. The van der Waals surface area contributed by atoms with Crippen LogP contribution >= 0.6 is 0 Å². The van der Waals surface area contributed by atoms with Gasteiger partial charge in [-0.2, -0.15) is 0 Å². The number of nitrogens with zero attached hydrogens (tertiary/aromatic N) is 6. The minimum atomic E-state index is -0.374. The number of carbonyl (C=O) groups excluding carboxylic acids is 3. The standard InChI is InChI=1S/C49H59N9O6/c1-31-26-49(27-34(52-49)29-57(28-31)42-25-39(53-54-47(42)50)38-8-2-3-11-43(38)59)33-6-4-7-36(24-33)64-35-16-20-56(21-17-35)45(61)30-55-18-14-32(15-19-55)37-9-5-10-40-46(37)63-23-22-58(40)41-12-13-44(60)51-48(41)62/h2-11,24-25,31-32,34-35,41,52,59H,12-23,26-30H2,1H3,(H2,50,54)(H,51,60,62)/t31-,34?,41+,49?/m1/s1.